The van der Waals surface area contributed by atoms with Crippen molar-refractivity contribution in [2.75, 3.05) is 19.8 Å². The first kappa shape index (κ1) is 86.6. The minimum Gasteiger partial charge on any atom is -0.466 e. The van der Waals surface area contributed by atoms with Crippen LogP contribution >= 0.6 is 0 Å². The van der Waals surface area contributed by atoms with Crippen LogP contribution < -0.4 is 5.32 Å². The third-order valence-electron chi connectivity index (χ3n) is 18.7. The highest BCUT2D eigenvalue weighted by atomic mass is 16.7. The number of esters is 1. The van der Waals surface area contributed by atoms with Crippen LogP contribution in [0, 0.1) is 0 Å². The maximum Gasteiger partial charge on any atom is 0.305 e. The van der Waals surface area contributed by atoms with E-state index in [9.17, 15) is 35.1 Å². The Morgan fingerprint density at radius 3 is 1.15 bits per heavy atom. The smallest absolute Gasteiger partial charge is 0.305 e. The summed E-state index contributed by atoms with van der Waals surface area (Å²) in [5, 5.41) is 54.3. The summed E-state index contributed by atoms with van der Waals surface area (Å²) < 4.78 is 16.7. The summed E-state index contributed by atoms with van der Waals surface area (Å²) in [5.41, 5.74) is 0. The second-order valence-electron chi connectivity index (χ2n) is 27.4. The largest absolute Gasteiger partial charge is 0.466 e. The van der Waals surface area contributed by atoms with Crippen LogP contribution in [0.2, 0.25) is 0 Å². The van der Waals surface area contributed by atoms with Crippen molar-refractivity contribution in [3.63, 3.8) is 0 Å². The van der Waals surface area contributed by atoms with Crippen molar-refractivity contribution >= 4 is 11.9 Å². The first-order valence-corrected chi connectivity index (χ1v) is 39.4. The van der Waals surface area contributed by atoms with Crippen LogP contribution in [-0.4, -0.2) is 100 Å². The summed E-state index contributed by atoms with van der Waals surface area (Å²) in [6, 6.07) is -0.830. The molecule has 1 aliphatic heterocycles. The van der Waals surface area contributed by atoms with E-state index in [0.29, 0.717) is 19.4 Å². The molecule has 0 spiro atoms. The van der Waals surface area contributed by atoms with Gasteiger partial charge in [-0.2, -0.15) is 0 Å². The fourth-order valence-electron chi connectivity index (χ4n) is 12.6. The van der Waals surface area contributed by atoms with Gasteiger partial charge in [0, 0.05) is 12.8 Å². The van der Waals surface area contributed by atoms with Gasteiger partial charge in [0.25, 0.3) is 0 Å². The Balaban J connectivity index is 1.85. The van der Waals surface area contributed by atoms with E-state index in [-0.39, 0.29) is 18.5 Å². The lowest BCUT2D eigenvalue weighted by Gasteiger charge is -2.40. The van der Waals surface area contributed by atoms with Crippen LogP contribution in [0.15, 0.2) is 48.6 Å². The summed E-state index contributed by atoms with van der Waals surface area (Å²) in [6.45, 7) is 4.14. The van der Waals surface area contributed by atoms with Gasteiger partial charge in [-0.1, -0.05) is 344 Å². The second-order valence-corrected chi connectivity index (χ2v) is 27.4. The molecule has 6 N–H and O–H groups in total. The summed E-state index contributed by atoms with van der Waals surface area (Å²) >= 11 is 0. The van der Waals surface area contributed by atoms with Crippen LogP contribution in [0.4, 0.5) is 0 Å². The average molecular weight is 1290 g/mol. The number of unbranched alkanes of at least 4 members (excludes halogenated alkanes) is 51. The van der Waals surface area contributed by atoms with Crippen molar-refractivity contribution in [1.29, 1.82) is 0 Å². The first-order valence-electron chi connectivity index (χ1n) is 39.4. The topological polar surface area (TPSA) is 175 Å². The number of allylic oxidation sites excluding steroid dienone is 7. The van der Waals surface area contributed by atoms with Gasteiger partial charge in [-0.15, -0.1) is 0 Å². The standard InChI is InChI=1S/C80H149NO10/c1-3-5-7-9-11-13-14-15-41-45-48-52-56-60-64-68-76(85)89-69-65-61-57-53-49-46-43-40-38-36-34-32-30-28-26-24-22-20-18-16-17-19-21-23-25-27-29-31-33-35-37-39-42-44-47-51-55-59-63-67-75(84)81-72(73(83)66-62-58-54-50-12-10-8-6-4-2)71-90-80-79(88)78(87)77(86)74(70-82)91-80/h4,6,12,16-17,50,62,66,72-74,77-80,82-83,86-88H,3,5,7-11,13-15,18-49,51-61,63-65,67-71H2,1-2H3,(H,81,84)/b6-4+,17-16-,50-12+,66-62+. The third-order valence-corrected chi connectivity index (χ3v) is 18.7. The van der Waals surface area contributed by atoms with E-state index in [1.165, 1.54) is 302 Å². The molecule has 7 atom stereocenters. The van der Waals surface area contributed by atoms with E-state index < -0.39 is 49.5 Å². The number of carbonyl (C=O) groups is 2. The molecule has 1 amide bonds. The average Bonchev–Trinajstić information content (AvgIpc) is 1.22. The van der Waals surface area contributed by atoms with Gasteiger partial charge in [0.15, 0.2) is 6.29 Å². The van der Waals surface area contributed by atoms with Gasteiger partial charge in [-0.05, 0) is 77.6 Å². The lowest BCUT2D eigenvalue weighted by molar-refractivity contribution is -0.302. The second kappa shape index (κ2) is 69.0. The molecule has 0 aromatic rings. The molecule has 1 saturated heterocycles. The van der Waals surface area contributed by atoms with Crippen LogP contribution in [0.5, 0.6) is 0 Å². The number of carbonyl (C=O) groups excluding carboxylic acids is 2. The number of rotatable bonds is 70. The highest BCUT2D eigenvalue weighted by molar-refractivity contribution is 5.76. The Morgan fingerprint density at radius 2 is 0.758 bits per heavy atom. The molecule has 534 valence electrons. The summed E-state index contributed by atoms with van der Waals surface area (Å²) in [7, 11) is 0. The van der Waals surface area contributed by atoms with Crippen molar-refractivity contribution in [3.8, 4) is 0 Å². The van der Waals surface area contributed by atoms with Crippen molar-refractivity contribution < 1.29 is 49.3 Å². The quantitative estimate of drug-likeness (QED) is 0.0195. The predicted molar refractivity (Wildman–Crippen MR) is 384 cm³/mol. The number of aliphatic hydroxyl groups is 5. The van der Waals surface area contributed by atoms with E-state index in [1.54, 1.807) is 6.08 Å². The summed E-state index contributed by atoms with van der Waals surface area (Å²) in [4.78, 5) is 25.1. The number of hydrogen-bond donors (Lipinski definition) is 6. The Morgan fingerprint density at radius 1 is 0.418 bits per heavy atom. The van der Waals surface area contributed by atoms with Crippen LogP contribution in [-0.2, 0) is 23.8 Å². The Bertz CT molecular complexity index is 1650. The molecule has 1 rings (SSSR count). The summed E-state index contributed by atoms with van der Waals surface area (Å²) in [5.74, 6) is -0.174. The molecule has 0 aromatic carbocycles. The lowest BCUT2D eigenvalue weighted by Crippen LogP contribution is -2.60. The fourth-order valence-corrected chi connectivity index (χ4v) is 12.6. The summed E-state index contributed by atoms with van der Waals surface area (Å²) in [6.07, 6.45) is 81.9. The number of amides is 1. The predicted octanol–water partition coefficient (Wildman–Crippen LogP) is 21.1. The molecule has 0 aliphatic carbocycles. The zero-order chi connectivity index (χ0) is 65.8. The monoisotopic (exact) mass is 1280 g/mol. The van der Waals surface area contributed by atoms with Crippen LogP contribution in [0.1, 0.15) is 386 Å². The molecule has 0 bridgehead atoms. The first-order chi connectivity index (χ1) is 44.7. The Labute approximate surface area is 561 Å². The van der Waals surface area contributed by atoms with E-state index in [2.05, 4.69) is 42.6 Å². The molecule has 0 saturated carbocycles. The van der Waals surface area contributed by atoms with Gasteiger partial charge in [-0.25, -0.2) is 0 Å². The van der Waals surface area contributed by atoms with Crippen LogP contribution in [0.25, 0.3) is 0 Å². The number of hydrogen-bond acceptors (Lipinski definition) is 10. The molecule has 1 fully saturated rings. The van der Waals surface area contributed by atoms with Crippen molar-refractivity contribution in [1.82, 2.24) is 5.32 Å². The van der Waals surface area contributed by atoms with Crippen LogP contribution in [0.3, 0.4) is 0 Å². The van der Waals surface area contributed by atoms with E-state index in [1.807, 2.05) is 19.1 Å². The van der Waals surface area contributed by atoms with E-state index >= 15 is 0 Å². The van der Waals surface area contributed by atoms with Gasteiger partial charge in [0.2, 0.25) is 5.91 Å². The molecule has 91 heavy (non-hydrogen) atoms. The maximum atomic E-state index is 13.0. The molecule has 0 radical (unpaired) electrons. The van der Waals surface area contributed by atoms with Crippen molar-refractivity contribution in [3.05, 3.63) is 48.6 Å². The van der Waals surface area contributed by atoms with Gasteiger partial charge < -0.3 is 45.1 Å². The zero-order valence-corrected chi connectivity index (χ0v) is 59.6. The SMILES string of the molecule is C/C=C/CC/C=C/CC/C=C/C(O)C(COC1OC(CO)C(O)C(O)C1O)NC(=O)CCCCCCCCCCCCCCCCCCC/C=C\CCCCCCCCCCCCCCCCCCCCOC(=O)CCCCCCCCCCCCCCCCC. The van der Waals surface area contributed by atoms with Crippen molar-refractivity contribution in [2.45, 2.75) is 429 Å². The molecule has 11 nitrogen and oxygen atoms in total. The molecule has 1 heterocycles. The third kappa shape index (κ3) is 57.6. The van der Waals surface area contributed by atoms with Gasteiger partial charge in [0.05, 0.1) is 32.0 Å². The Kier molecular flexibility index (Phi) is 65.7. The van der Waals surface area contributed by atoms with E-state index in [0.717, 1.165) is 57.8 Å². The zero-order valence-electron chi connectivity index (χ0n) is 59.6. The van der Waals surface area contributed by atoms with Crippen molar-refractivity contribution in [2.24, 2.45) is 0 Å². The molecule has 7 unspecified atom stereocenters. The number of ether oxygens (including phenoxy) is 3. The lowest BCUT2D eigenvalue weighted by atomic mass is 9.99. The highest BCUT2D eigenvalue weighted by Crippen LogP contribution is 2.24. The molecule has 0 aromatic heterocycles. The maximum absolute atomic E-state index is 13.0. The highest BCUT2D eigenvalue weighted by Gasteiger charge is 2.44. The minimum absolute atomic E-state index is 0.0198. The van der Waals surface area contributed by atoms with Gasteiger partial charge in [0.1, 0.15) is 24.4 Å². The number of nitrogens with one attached hydrogen (secondary N) is 1. The minimum atomic E-state index is -1.58. The van der Waals surface area contributed by atoms with Gasteiger partial charge in [-0.3, -0.25) is 9.59 Å². The fraction of sp³-hybridized carbons (Fsp3) is 0.875. The molecule has 11 heteroatoms. The molecule has 1 aliphatic rings. The number of aliphatic hydroxyl groups excluding tert-OH is 5. The Hall–Kier alpha value is -2.38. The van der Waals surface area contributed by atoms with Gasteiger partial charge >= 0.3 is 5.97 Å². The molecular formula is C80H149NO10. The molecular weight excluding hydrogens is 1130 g/mol. The van der Waals surface area contributed by atoms with E-state index in [4.69, 9.17) is 14.2 Å². The normalized spacial score (nSPS) is 17.8.